The van der Waals surface area contributed by atoms with Crippen LogP contribution >= 0.6 is 0 Å². The quantitative estimate of drug-likeness (QED) is 0.666. The molecule has 0 amide bonds. The summed E-state index contributed by atoms with van der Waals surface area (Å²) in [7, 11) is 1.76. The van der Waals surface area contributed by atoms with Crippen LogP contribution in [0.4, 0.5) is 0 Å². The van der Waals surface area contributed by atoms with Crippen LogP contribution in [-0.2, 0) is 4.74 Å². The number of ether oxygens (including phenoxy) is 1. The van der Waals surface area contributed by atoms with Crippen molar-refractivity contribution in [2.24, 2.45) is 5.92 Å². The minimum Gasteiger partial charge on any atom is -0.380 e. The molecule has 1 saturated carbocycles. The zero-order valence-corrected chi connectivity index (χ0v) is 7.92. The Morgan fingerprint density at radius 3 is 2.36 bits per heavy atom. The summed E-state index contributed by atoms with van der Waals surface area (Å²) in [4.78, 5) is 0. The lowest BCUT2D eigenvalue weighted by atomic mass is 10.2. The minimum atomic E-state index is 0.322. The van der Waals surface area contributed by atoms with Crippen molar-refractivity contribution in [3.05, 3.63) is 0 Å². The van der Waals surface area contributed by atoms with Gasteiger partial charge in [0.2, 0.25) is 0 Å². The first-order valence-electron chi connectivity index (χ1n) is 4.44. The predicted octanol–water partition coefficient (Wildman–Crippen LogP) is 1.41. The Hall–Kier alpha value is -0.0800. The van der Waals surface area contributed by atoms with E-state index in [4.69, 9.17) is 4.74 Å². The lowest BCUT2D eigenvalue weighted by Crippen LogP contribution is -2.38. The largest absolute Gasteiger partial charge is 0.380 e. The minimum absolute atomic E-state index is 0.322. The molecule has 4 unspecified atom stereocenters. The molecule has 0 aromatic rings. The summed E-state index contributed by atoms with van der Waals surface area (Å²) in [5.74, 6) is 0.876. The smallest absolute Gasteiger partial charge is 0.0693 e. The molecule has 0 aliphatic heterocycles. The zero-order chi connectivity index (χ0) is 8.43. The highest BCUT2D eigenvalue weighted by Gasteiger charge is 2.33. The number of methoxy groups -OCH3 is 1. The van der Waals surface area contributed by atoms with Crippen molar-refractivity contribution in [3.63, 3.8) is 0 Å². The molecule has 0 bridgehead atoms. The van der Waals surface area contributed by atoms with E-state index in [9.17, 15) is 0 Å². The Bertz CT molecular complexity index is 127. The maximum absolute atomic E-state index is 5.21. The fourth-order valence-electron chi connectivity index (χ4n) is 1.23. The van der Waals surface area contributed by atoms with Crippen LogP contribution in [0.25, 0.3) is 0 Å². The molecule has 0 heterocycles. The maximum Gasteiger partial charge on any atom is 0.0693 e. The van der Waals surface area contributed by atoms with Gasteiger partial charge in [-0.2, -0.15) is 0 Å². The fraction of sp³-hybridized carbons (Fsp3) is 1.00. The lowest BCUT2D eigenvalue weighted by Gasteiger charge is -2.19. The molecule has 0 saturated heterocycles. The van der Waals surface area contributed by atoms with Crippen LogP contribution in [0.5, 0.6) is 0 Å². The summed E-state index contributed by atoms with van der Waals surface area (Å²) in [6.45, 7) is 6.56. The SMILES string of the molecule is COC(C)C(C)NC1CC1C. The Kier molecular flexibility index (Phi) is 2.90. The Morgan fingerprint density at radius 2 is 2.00 bits per heavy atom. The van der Waals surface area contributed by atoms with Crippen LogP contribution in [0.2, 0.25) is 0 Å². The van der Waals surface area contributed by atoms with Crippen molar-refractivity contribution in [1.29, 1.82) is 0 Å². The molecule has 2 heteroatoms. The molecule has 1 rings (SSSR count). The van der Waals surface area contributed by atoms with Crippen LogP contribution in [-0.4, -0.2) is 25.3 Å². The van der Waals surface area contributed by atoms with Crippen molar-refractivity contribution in [3.8, 4) is 0 Å². The van der Waals surface area contributed by atoms with Gasteiger partial charge in [0.05, 0.1) is 6.10 Å². The molecular weight excluding hydrogens is 138 g/mol. The van der Waals surface area contributed by atoms with Gasteiger partial charge in [0.15, 0.2) is 0 Å². The second-order valence-corrected chi connectivity index (χ2v) is 3.72. The lowest BCUT2D eigenvalue weighted by molar-refractivity contribution is 0.0877. The Labute approximate surface area is 69.3 Å². The number of hydrogen-bond acceptors (Lipinski definition) is 2. The fourth-order valence-corrected chi connectivity index (χ4v) is 1.23. The van der Waals surface area contributed by atoms with Gasteiger partial charge in [0.25, 0.3) is 0 Å². The van der Waals surface area contributed by atoms with Crippen LogP contribution < -0.4 is 5.32 Å². The summed E-state index contributed by atoms with van der Waals surface area (Å²) in [5.41, 5.74) is 0. The third kappa shape index (κ3) is 2.46. The molecule has 0 spiro atoms. The molecule has 2 nitrogen and oxygen atoms in total. The van der Waals surface area contributed by atoms with E-state index in [1.165, 1.54) is 6.42 Å². The zero-order valence-electron chi connectivity index (χ0n) is 7.92. The van der Waals surface area contributed by atoms with Gasteiger partial charge < -0.3 is 10.1 Å². The highest BCUT2D eigenvalue weighted by molar-refractivity contribution is 4.92. The van der Waals surface area contributed by atoms with Crippen molar-refractivity contribution < 1.29 is 4.74 Å². The molecular formula is C9H19NO. The van der Waals surface area contributed by atoms with Gasteiger partial charge in [-0.1, -0.05) is 6.92 Å². The van der Waals surface area contributed by atoms with E-state index in [-0.39, 0.29) is 0 Å². The van der Waals surface area contributed by atoms with E-state index in [0.717, 1.165) is 12.0 Å². The molecule has 0 aromatic carbocycles. The van der Waals surface area contributed by atoms with Gasteiger partial charge in [0, 0.05) is 19.2 Å². The average molecular weight is 157 g/mol. The topological polar surface area (TPSA) is 21.3 Å². The number of rotatable bonds is 4. The highest BCUT2D eigenvalue weighted by atomic mass is 16.5. The van der Waals surface area contributed by atoms with Crippen LogP contribution in [0.1, 0.15) is 27.2 Å². The van der Waals surface area contributed by atoms with Crippen molar-refractivity contribution in [2.75, 3.05) is 7.11 Å². The average Bonchev–Trinajstić information content (AvgIpc) is 2.65. The summed E-state index contributed by atoms with van der Waals surface area (Å²) >= 11 is 0. The molecule has 11 heavy (non-hydrogen) atoms. The van der Waals surface area contributed by atoms with Crippen LogP contribution in [0.15, 0.2) is 0 Å². The monoisotopic (exact) mass is 157 g/mol. The molecule has 1 fully saturated rings. The standard InChI is InChI=1S/C9H19NO/c1-6-5-9(6)10-7(2)8(3)11-4/h6-10H,5H2,1-4H3. The first kappa shape index (κ1) is 9.01. The van der Waals surface area contributed by atoms with Crippen molar-refractivity contribution in [1.82, 2.24) is 5.32 Å². The molecule has 1 aliphatic carbocycles. The summed E-state index contributed by atoms with van der Waals surface area (Å²) < 4.78 is 5.21. The van der Waals surface area contributed by atoms with Gasteiger partial charge in [-0.3, -0.25) is 0 Å². The predicted molar refractivity (Wildman–Crippen MR) is 46.6 cm³/mol. The first-order valence-corrected chi connectivity index (χ1v) is 4.44. The maximum atomic E-state index is 5.21. The highest BCUT2D eigenvalue weighted by Crippen LogP contribution is 2.29. The van der Waals surface area contributed by atoms with E-state index in [2.05, 4.69) is 26.1 Å². The van der Waals surface area contributed by atoms with E-state index in [1.54, 1.807) is 7.11 Å². The van der Waals surface area contributed by atoms with Gasteiger partial charge in [-0.15, -0.1) is 0 Å². The number of hydrogen-bond donors (Lipinski definition) is 1. The Morgan fingerprint density at radius 1 is 1.45 bits per heavy atom. The summed E-state index contributed by atoms with van der Waals surface area (Å²) in [6, 6.07) is 1.23. The normalized spacial score (nSPS) is 34.9. The van der Waals surface area contributed by atoms with Crippen LogP contribution in [0, 0.1) is 5.92 Å². The van der Waals surface area contributed by atoms with E-state index in [0.29, 0.717) is 12.1 Å². The second-order valence-electron chi connectivity index (χ2n) is 3.72. The van der Waals surface area contributed by atoms with Crippen LogP contribution in [0.3, 0.4) is 0 Å². The molecule has 1 aliphatic rings. The van der Waals surface area contributed by atoms with E-state index in [1.807, 2.05) is 0 Å². The van der Waals surface area contributed by atoms with Crippen molar-refractivity contribution >= 4 is 0 Å². The van der Waals surface area contributed by atoms with E-state index >= 15 is 0 Å². The third-order valence-corrected chi connectivity index (χ3v) is 2.66. The Balaban J connectivity index is 2.15. The summed E-state index contributed by atoms with van der Waals surface area (Å²) in [6.07, 6.45) is 1.66. The molecule has 66 valence electrons. The van der Waals surface area contributed by atoms with Crippen molar-refractivity contribution in [2.45, 2.75) is 45.4 Å². The molecule has 0 radical (unpaired) electrons. The van der Waals surface area contributed by atoms with Gasteiger partial charge in [-0.05, 0) is 26.2 Å². The van der Waals surface area contributed by atoms with Gasteiger partial charge in [-0.25, -0.2) is 0 Å². The molecule has 4 atom stereocenters. The summed E-state index contributed by atoms with van der Waals surface area (Å²) in [5, 5.41) is 3.53. The second kappa shape index (κ2) is 3.55. The van der Waals surface area contributed by atoms with Gasteiger partial charge in [0.1, 0.15) is 0 Å². The third-order valence-electron chi connectivity index (χ3n) is 2.66. The van der Waals surface area contributed by atoms with Gasteiger partial charge >= 0.3 is 0 Å². The molecule has 1 N–H and O–H groups in total. The van der Waals surface area contributed by atoms with E-state index < -0.39 is 0 Å². The number of nitrogens with one attached hydrogen (secondary N) is 1. The first-order chi connectivity index (χ1) is 5.15. The molecule has 0 aromatic heterocycles.